The molecule has 0 aliphatic rings. The highest BCUT2D eigenvalue weighted by Crippen LogP contribution is 2.11. The molecule has 0 saturated heterocycles. The van der Waals surface area contributed by atoms with Gasteiger partial charge in [0.05, 0.1) is 17.2 Å². The van der Waals surface area contributed by atoms with Gasteiger partial charge in [0.15, 0.2) is 5.78 Å². The second-order valence-corrected chi connectivity index (χ2v) is 3.25. The predicted molar refractivity (Wildman–Crippen MR) is 55.2 cm³/mol. The number of nitro groups is 1. The molecule has 0 spiro atoms. The van der Waals surface area contributed by atoms with E-state index in [0.29, 0.717) is 0 Å². The van der Waals surface area contributed by atoms with Crippen molar-refractivity contribution in [3.63, 3.8) is 0 Å². The SMILES string of the molecule is CCC(=O)C(C)n1cc([N+](=O)[O-])cnc1=O. The zero-order valence-corrected chi connectivity index (χ0v) is 8.91. The van der Waals surface area contributed by atoms with Gasteiger partial charge in [-0.1, -0.05) is 6.92 Å². The van der Waals surface area contributed by atoms with Crippen LogP contribution in [0.1, 0.15) is 26.3 Å². The molecule has 7 heteroatoms. The average Bonchev–Trinajstić information content (AvgIpc) is 2.27. The van der Waals surface area contributed by atoms with Crippen LogP contribution < -0.4 is 5.69 Å². The Morgan fingerprint density at radius 1 is 1.69 bits per heavy atom. The summed E-state index contributed by atoms with van der Waals surface area (Å²) in [5.74, 6) is -0.176. The van der Waals surface area contributed by atoms with Crippen LogP contribution in [-0.2, 0) is 4.79 Å². The normalized spacial score (nSPS) is 12.1. The number of Topliss-reactive ketones (excluding diaryl/α,β-unsaturated/α-hetero) is 1. The molecule has 0 amide bonds. The van der Waals surface area contributed by atoms with E-state index in [2.05, 4.69) is 4.98 Å². The third-order valence-electron chi connectivity index (χ3n) is 2.24. The van der Waals surface area contributed by atoms with E-state index in [1.54, 1.807) is 6.92 Å². The van der Waals surface area contributed by atoms with Crippen molar-refractivity contribution in [2.24, 2.45) is 0 Å². The van der Waals surface area contributed by atoms with Crippen molar-refractivity contribution in [2.75, 3.05) is 0 Å². The first-order chi connectivity index (χ1) is 7.47. The fraction of sp³-hybridized carbons (Fsp3) is 0.444. The van der Waals surface area contributed by atoms with Crippen LogP contribution in [0.5, 0.6) is 0 Å². The average molecular weight is 225 g/mol. The summed E-state index contributed by atoms with van der Waals surface area (Å²) in [6.45, 7) is 3.17. The van der Waals surface area contributed by atoms with Crippen LogP contribution in [0.3, 0.4) is 0 Å². The molecule has 0 aliphatic carbocycles. The third-order valence-corrected chi connectivity index (χ3v) is 2.24. The Labute approximate surface area is 90.9 Å². The lowest BCUT2D eigenvalue weighted by Crippen LogP contribution is -2.29. The molecular weight excluding hydrogens is 214 g/mol. The summed E-state index contributed by atoms with van der Waals surface area (Å²) in [7, 11) is 0. The number of aromatic nitrogens is 2. The van der Waals surface area contributed by atoms with Gasteiger partial charge in [-0.2, -0.15) is 4.98 Å². The van der Waals surface area contributed by atoms with Crippen LogP contribution in [0.15, 0.2) is 17.2 Å². The first-order valence-corrected chi connectivity index (χ1v) is 4.72. The van der Waals surface area contributed by atoms with Crippen LogP contribution in [-0.4, -0.2) is 20.3 Å². The van der Waals surface area contributed by atoms with E-state index in [-0.39, 0.29) is 17.9 Å². The van der Waals surface area contributed by atoms with Crippen LogP contribution in [0.4, 0.5) is 5.69 Å². The third kappa shape index (κ3) is 2.30. The fourth-order valence-electron chi connectivity index (χ4n) is 1.24. The summed E-state index contributed by atoms with van der Waals surface area (Å²) < 4.78 is 0.976. The second-order valence-electron chi connectivity index (χ2n) is 3.25. The zero-order chi connectivity index (χ0) is 12.3. The van der Waals surface area contributed by atoms with Gasteiger partial charge in [-0.05, 0) is 6.92 Å². The van der Waals surface area contributed by atoms with E-state index in [9.17, 15) is 19.7 Å². The van der Waals surface area contributed by atoms with E-state index in [1.807, 2.05) is 0 Å². The molecule has 1 unspecified atom stereocenters. The van der Waals surface area contributed by atoms with Crippen molar-refractivity contribution in [3.8, 4) is 0 Å². The quantitative estimate of drug-likeness (QED) is 0.555. The minimum atomic E-state index is -0.732. The van der Waals surface area contributed by atoms with Gasteiger partial charge in [-0.25, -0.2) is 4.79 Å². The number of hydrogen-bond donors (Lipinski definition) is 0. The summed E-state index contributed by atoms with van der Waals surface area (Å²) in [5.41, 5.74) is -0.977. The Bertz CT molecular complexity index is 480. The van der Waals surface area contributed by atoms with E-state index >= 15 is 0 Å². The predicted octanol–water partition coefficient (Wildman–Crippen LogP) is 0.692. The maximum absolute atomic E-state index is 11.4. The van der Waals surface area contributed by atoms with E-state index < -0.39 is 16.7 Å². The molecule has 0 bridgehead atoms. The van der Waals surface area contributed by atoms with Crippen molar-refractivity contribution in [3.05, 3.63) is 33.0 Å². The minimum Gasteiger partial charge on any atom is -0.297 e. The van der Waals surface area contributed by atoms with E-state index in [1.165, 1.54) is 6.92 Å². The Morgan fingerprint density at radius 2 is 2.31 bits per heavy atom. The number of hydrogen-bond acceptors (Lipinski definition) is 5. The van der Waals surface area contributed by atoms with Crippen molar-refractivity contribution in [1.29, 1.82) is 0 Å². The lowest BCUT2D eigenvalue weighted by Gasteiger charge is -2.11. The number of carbonyl (C=O) groups is 1. The highest BCUT2D eigenvalue weighted by atomic mass is 16.6. The number of ketones is 1. The van der Waals surface area contributed by atoms with Gasteiger partial charge >= 0.3 is 11.4 Å². The van der Waals surface area contributed by atoms with Gasteiger partial charge < -0.3 is 0 Å². The number of rotatable bonds is 4. The van der Waals surface area contributed by atoms with Crippen LogP contribution in [0.25, 0.3) is 0 Å². The van der Waals surface area contributed by atoms with Crippen LogP contribution in [0.2, 0.25) is 0 Å². The maximum atomic E-state index is 11.4. The topological polar surface area (TPSA) is 95.1 Å². The molecule has 1 aromatic rings. The lowest BCUT2D eigenvalue weighted by molar-refractivity contribution is -0.385. The summed E-state index contributed by atoms with van der Waals surface area (Å²) in [6, 6.07) is -0.732. The van der Waals surface area contributed by atoms with Crippen molar-refractivity contribution >= 4 is 11.5 Å². The monoisotopic (exact) mass is 225 g/mol. The lowest BCUT2D eigenvalue weighted by atomic mass is 10.1. The molecule has 1 rings (SSSR count). The minimum absolute atomic E-state index is 0.176. The Hall–Kier alpha value is -2.05. The molecule has 1 atom stereocenters. The Balaban J connectivity index is 3.22. The first-order valence-electron chi connectivity index (χ1n) is 4.72. The highest BCUT2D eigenvalue weighted by molar-refractivity contribution is 5.81. The molecule has 0 aromatic carbocycles. The second kappa shape index (κ2) is 4.65. The molecule has 16 heavy (non-hydrogen) atoms. The Morgan fingerprint density at radius 3 is 2.81 bits per heavy atom. The molecule has 0 N–H and O–H groups in total. The van der Waals surface area contributed by atoms with Crippen LogP contribution >= 0.6 is 0 Å². The van der Waals surface area contributed by atoms with Crippen LogP contribution in [0, 0.1) is 10.1 Å². The summed E-state index contributed by atoms with van der Waals surface area (Å²) >= 11 is 0. The molecule has 0 radical (unpaired) electrons. The smallest absolute Gasteiger partial charge is 0.297 e. The molecular formula is C9H11N3O4. The summed E-state index contributed by atoms with van der Waals surface area (Å²) in [6.07, 6.45) is 2.17. The maximum Gasteiger partial charge on any atom is 0.348 e. The molecule has 7 nitrogen and oxygen atoms in total. The standard InChI is InChI=1S/C9H11N3O4/c1-3-8(13)6(2)11-5-7(12(15)16)4-10-9(11)14/h4-6H,3H2,1-2H3. The molecule has 86 valence electrons. The Kier molecular flexibility index (Phi) is 3.49. The zero-order valence-electron chi connectivity index (χ0n) is 8.91. The van der Waals surface area contributed by atoms with E-state index in [0.717, 1.165) is 17.0 Å². The highest BCUT2D eigenvalue weighted by Gasteiger charge is 2.17. The first kappa shape index (κ1) is 12.0. The van der Waals surface area contributed by atoms with Gasteiger partial charge in [0.25, 0.3) is 0 Å². The number of nitrogens with zero attached hydrogens (tertiary/aromatic N) is 3. The van der Waals surface area contributed by atoms with Gasteiger partial charge in [0, 0.05) is 6.42 Å². The summed E-state index contributed by atoms with van der Waals surface area (Å²) in [5, 5.41) is 10.5. The fourth-order valence-corrected chi connectivity index (χ4v) is 1.24. The van der Waals surface area contributed by atoms with Crippen molar-refractivity contribution in [1.82, 2.24) is 9.55 Å². The van der Waals surface area contributed by atoms with Crippen molar-refractivity contribution in [2.45, 2.75) is 26.3 Å². The molecule has 1 heterocycles. The summed E-state index contributed by atoms with van der Waals surface area (Å²) in [4.78, 5) is 35.9. The van der Waals surface area contributed by atoms with Gasteiger partial charge in [0.2, 0.25) is 0 Å². The molecule has 0 saturated carbocycles. The van der Waals surface area contributed by atoms with Gasteiger partial charge in [-0.3, -0.25) is 19.5 Å². The molecule has 0 aliphatic heterocycles. The largest absolute Gasteiger partial charge is 0.348 e. The number of carbonyl (C=O) groups excluding carboxylic acids is 1. The molecule has 1 aromatic heterocycles. The van der Waals surface area contributed by atoms with Gasteiger partial charge in [0.1, 0.15) is 6.20 Å². The van der Waals surface area contributed by atoms with Crippen molar-refractivity contribution < 1.29 is 9.72 Å². The molecule has 0 fully saturated rings. The van der Waals surface area contributed by atoms with E-state index in [4.69, 9.17) is 0 Å². The van der Waals surface area contributed by atoms with Gasteiger partial charge in [-0.15, -0.1) is 0 Å².